The van der Waals surface area contributed by atoms with Gasteiger partial charge in [-0.1, -0.05) is 25.2 Å². The first-order chi connectivity index (χ1) is 11.3. The number of anilines is 1. The van der Waals surface area contributed by atoms with E-state index in [1.54, 1.807) is 0 Å². The van der Waals surface area contributed by atoms with Gasteiger partial charge in [-0.3, -0.25) is 30.3 Å². The number of aromatic nitrogens is 2. The summed E-state index contributed by atoms with van der Waals surface area (Å²) in [5.41, 5.74) is -1.40. The Hall–Kier alpha value is -2.95. The largest absolute Gasteiger partial charge is 0.296 e. The molecule has 10 nitrogen and oxygen atoms in total. The highest BCUT2D eigenvalue weighted by Gasteiger charge is 2.24. The van der Waals surface area contributed by atoms with E-state index in [2.05, 4.69) is 15.5 Å². The quantitative estimate of drug-likeness (QED) is 0.623. The van der Waals surface area contributed by atoms with E-state index in [9.17, 15) is 25.0 Å². The van der Waals surface area contributed by atoms with Crippen molar-refractivity contribution >= 4 is 33.8 Å². The molecule has 0 unspecified atom stereocenters. The van der Waals surface area contributed by atoms with E-state index in [1.165, 1.54) is 11.3 Å². The average Bonchev–Trinajstić information content (AvgIpc) is 2.92. The Kier molecular flexibility index (Phi) is 5.14. The molecular formula is C13H13N5O5S. The Morgan fingerprint density at radius 2 is 1.96 bits per heavy atom. The normalized spacial score (nSPS) is 10.6. The van der Waals surface area contributed by atoms with Crippen molar-refractivity contribution in [2.45, 2.75) is 20.3 Å². The van der Waals surface area contributed by atoms with Crippen LogP contribution in [-0.4, -0.2) is 26.0 Å². The van der Waals surface area contributed by atoms with Crippen molar-refractivity contribution in [2.24, 2.45) is 5.92 Å². The first kappa shape index (κ1) is 17.4. The molecule has 1 amide bonds. The summed E-state index contributed by atoms with van der Waals surface area (Å²) in [5.74, 6) is -0.402. The van der Waals surface area contributed by atoms with Gasteiger partial charge in [-0.15, -0.1) is 10.2 Å². The van der Waals surface area contributed by atoms with Crippen LogP contribution >= 0.6 is 11.3 Å². The van der Waals surface area contributed by atoms with Crippen molar-refractivity contribution in [2.75, 3.05) is 5.32 Å². The molecule has 1 heterocycles. The smallest absolute Gasteiger partial charge is 0.289 e. The minimum atomic E-state index is -0.841. The standard InChI is InChI=1S/C13H13N5O5S/c1-7(2)5-11-15-16-13(24-11)14-12(19)9-4-3-8(17(20)21)6-10(9)18(22)23/h3-4,6-7H,5H2,1-2H3,(H,14,16,19). The number of benzene rings is 1. The number of carbonyl (C=O) groups is 1. The molecule has 24 heavy (non-hydrogen) atoms. The number of amides is 1. The fourth-order valence-electron chi connectivity index (χ4n) is 1.88. The summed E-state index contributed by atoms with van der Waals surface area (Å²) in [6.45, 7) is 4.03. The minimum Gasteiger partial charge on any atom is -0.296 e. The molecule has 126 valence electrons. The van der Waals surface area contributed by atoms with E-state index in [0.717, 1.165) is 23.2 Å². The molecule has 1 aromatic carbocycles. The number of non-ortho nitro benzene ring substituents is 1. The maximum absolute atomic E-state index is 12.2. The zero-order chi connectivity index (χ0) is 17.9. The van der Waals surface area contributed by atoms with Crippen molar-refractivity contribution in [3.05, 3.63) is 49.0 Å². The van der Waals surface area contributed by atoms with Gasteiger partial charge >= 0.3 is 0 Å². The summed E-state index contributed by atoms with van der Waals surface area (Å²) in [4.78, 5) is 32.4. The van der Waals surface area contributed by atoms with Crippen LogP contribution < -0.4 is 5.32 Å². The first-order valence-electron chi connectivity index (χ1n) is 6.84. The molecule has 0 radical (unpaired) electrons. The van der Waals surface area contributed by atoms with Crippen molar-refractivity contribution in [1.29, 1.82) is 0 Å². The Morgan fingerprint density at radius 1 is 1.25 bits per heavy atom. The summed E-state index contributed by atoms with van der Waals surface area (Å²) >= 11 is 1.17. The summed E-state index contributed by atoms with van der Waals surface area (Å²) < 4.78 is 0. The molecule has 1 N–H and O–H groups in total. The number of carbonyl (C=O) groups excluding carboxylic acids is 1. The Labute approximate surface area is 139 Å². The molecule has 2 aromatic rings. The molecule has 2 rings (SSSR count). The number of hydrogen-bond donors (Lipinski definition) is 1. The lowest BCUT2D eigenvalue weighted by atomic mass is 10.1. The van der Waals surface area contributed by atoms with Crippen LogP contribution in [0.5, 0.6) is 0 Å². The third kappa shape index (κ3) is 4.07. The molecule has 1 aromatic heterocycles. The monoisotopic (exact) mass is 351 g/mol. The van der Waals surface area contributed by atoms with Crippen LogP contribution in [0.15, 0.2) is 18.2 Å². The Morgan fingerprint density at radius 3 is 2.54 bits per heavy atom. The summed E-state index contributed by atoms with van der Waals surface area (Å²) in [5, 5.41) is 32.9. The average molecular weight is 351 g/mol. The second-order valence-corrected chi connectivity index (χ2v) is 6.33. The van der Waals surface area contributed by atoms with Gasteiger partial charge in [0.15, 0.2) is 0 Å². The molecule has 0 aliphatic rings. The van der Waals surface area contributed by atoms with Crippen LogP contribution in [0.3, 0.4) is 0 Å². The molecule has 0 fully saturated rings. The van der Waals surface area contributed by atoms with E-state index in [-0.39, 0.29) is 10.7 Å². The van der Waals surface area contributed by atoms with Gasteiger partial charge in [0.05, 0.1) is 15.9 Å². The highest BCUT2D eigenvalue weighted by Crippen LogP contribution is 2.26. The van der Waals surface area contributed by atoms with Crippen LogP contribution in [0.2, 0.25) is 0 Å². The van der Waals surface area contributed by atoms with Gasteiger partial charge in [-0.2, -0.15) is 0 Å². The number of nitrogens with one attached hydrogen (secondary N) is 1. The highest BCUT2D eigenvalue weighted by atomic mass is 32.1. The summed E-state index contributed by atoms with van der Waals surface area (Å²) in [7, 11) is 0. The summed E-state index contributed by atoms with van der Waals surface area (Å²) in [6, 6.07) is 2.83. The molecular weight excluding hydrogens is 338 g/mol. The van der Waals surface area contributed by atoms with E-state index < -0.39 is 27.1 Å². The molecule has 0 spiro atoms. The van der Waals surface area contributed by atoms with Crippen molar-refractivity contribution in [3.8, 4) is 0 Å². The number of rotatable bonds is 6. The number of hydrogen-bond acceptors (Lipinski definition) is 8. The maximum Gasteiger partial charge on any atom is 0.289 e. The lowest BCUT2D eigenvalue weighted by Gasteiger charge is -2.02. The van der Waals surface area contributed by atoms with Crippen molar-refractivity contribution in [3.63, 3.8) is 0 Å². The number of nitrogens with zero attached hydrogens (tertiary/aromatic N) is 4. The van der Waals surface area contributed by atoms with Crippen LogP contribution in [0.1, 0.15) is 29.2 Å². The van der Waals surface area contributed by atoms with Crippen molar-refractivity contribution in [1.82, 2.24) is 10.2 Å². The van der Waals surface area contributed by atoms with Crippen LogP contribution in [0, 0.1) is 26.1 Å². The predicted molar refractivity (Wildman–Crippen MR) is 86.2 cm³/mol. The first-order valence-corrected chi connectivity index (χ1v) is 7.66. The minimum absolute atomic E-state index is 0.211. The third-order valence-electron chi connectivity index (χ3n) is 2.90. The molecule has 0 saturated heterocycles. The van der Waals surface area contributed by atoms with Gasteiger partial charge in [-0.05, 0) is 12.0 Å². The SMILES string of the molecule is CC(C)Cc1nnc(NC(=O)c2ccc([N+](=O)[O-])cc2[N+](=O)[O-])s1. The zero-order valence-corrected chi connectivity index (χ0v) is 13.6. The lowest BCUT2D eigenvalue weighted by Crippen LogP contribution is -2.14. The van der Waals surface area contributed by atoms with E-state index >= 15 is 0 Å². The number of nitro groups is 2. The van der Waals surface area contributed by atoms with E-state index in [4.69, 9.17) is 0 Å². The van der Waals surface area contributed by atoms with Gasteiger partial charge in [0.1, 0.15) is 10.6 Å². The van der Waals surface area contributed by atoms with Gasteiger partial charge < -0.3 is 0 Å². The molecule has 11 heteroatoms. The fraction of sp³-hybridized carbons (Fsp3) is 0.308. The fourth-order valence-corrected chi connectivity index (χ4v) is 2.82. The summed E-state index contributed by atoms with van der Waals surface area (Å²) in [6.07, 6.45) is 0.700. The van der Waals surface area contributed by atoms with Gasteiger partial charge in [0.2, 0.25) is 5.13 Å². The topological polar surface area (TPSA) is 141 Å². The van der Waals surface area contributed by atoms with Gasteiger partial charge in [0, 0.05) is 12.5 Å². The Balaban J connectivity index is 2.24. The van der Waals surface area contributed by atoms with Gasteiger partial charge in [0.25, 0.3) is 17.3 Å². The lowest BCUT2D eigenvalue weighted by molar-refractivity contribution is -0.394. The van der Waals surface area contributed by atoms with Gasteiger partial charge in [-0.25, -0.2) is 0 Å². The molecule has 0 atom stereocenters. The van der Waals surface area contributed by atoms with E-state index in [0.29, 0.717) is 12.3 Å². The van der Waals surface area contributed by atoms with Crippen LogP contribution in [0.25, 0.3) is 0 Å². The molecule has 0 aliphatic heterocycles. The second-order valence-electron chi connectivity index (χ2n) is 5.27. The second kappa shape index (κ2) is 7.08. The number of nitro benzene ring substituents is 2. The predicted octanol–water partition coefficient (Wildman–Crippen LogP) is 2.81. The third-order valence-corrected chi connectivity index (χ3v) is 3.76. The Bertz CT molecular complexity index is 804. The molecule has 0 bridgehead atoms. The molecule has 0 aliphatic carbocycles. The molecule has 0 saturated carbocycles. The van der Waals surface area contributed by atoms with Crippen molar-refractivity contribution < 1.29 is 14.6 Å². The van der Waals surface area contributed by atoms with E-state index in [1.807, 2.05) is 13.8 Å². The van der Waals surface area contributed by atoms with Crippen LogP contribution in [-0.2, 0) is 6.42 Å². The zero-order valence-electron chi connectivity index (χ0n) is 12.8. The maximum atomic E-state index is 12.2. The van der Waals surface area contributed by atoms with Crippen LogP contribution in [0.4, 0.5) is 16.5 Å². The highest BCUT2D eigenvalue weighted by molar-refractivity contribution is 7.15.